The number of carbonyl (C=O) groups is 2. The number of amides is 2. The lowest BCUT2D eigenvalue weighted by atomic mass is 10.0. The lowest BCUT2D eigenvalue weighted by Gasteiger charge is -2.33. The minimum absolute atomic E-state index is 0.107. The summed E-state index contributed by atoms with van der Waals surface area (Å²) in [6.45, 7) is 6.41. The van der Waals surface area contributed by atoms with Gasteiger partial charge in [-0.1, -0.05) is 0 Å². The number of H-pyrrole nitrogens is 1. The topological polar surface area (TPSA) is 120 Å². The van der Waals surface area contributed by atoms with Gasteiger partial charge >= 0.3 is 0 Å². The van der Waals surface area contributed by atoms with Gasteiger partial charge < -0.3 is 25.0 Å². The summed E-state index contributed by atoms with van der Waals surface area (Å²) < 4.78 is 19.7. The number of likely N-dealkylation sites (tertiary alicyclic amines) is 1. The van der Waals surface area contributed by atoms with Gasteiger partial charge in [0.15, 0.2) is 0 Å². The van der Waals surface area contributed by atoms with Crippen LogP contribution in [0.15, 0.2) is 24.5 Å². The number of aryl methyl sites for hydroxylation is 1. The number of nitrogens with one attached hydrogen (secondary N) is 2. The number of aromatic nitrogens is 3. The molecule has 10 heteroatoms. The zero-order valence-electron chi connectivity index (χ0n) is 19.4. The van der Waals surface area contributed by atoms with E-state index in [1.54, 1.807) is 17.9 Å². The van der Waals surface area contributed by atoms with E-state index in [0.717, 1.165) is 0 Å². The van der Waals surface area contributed by atoms with Crippen LogP contribution in [0, 0.1) is 12.7 Å². The normalized spacial score (nSPS) is 15.4. The first kappa shape index (κ1) is 23.6. The average Bonchev–Trinajstić information content (AvgIpc) is 3.16. The van der Waals surface area contributed by atoms with E-state index in [0.29, 0.717) is 71.8 Å². The molecule has 1 aromatic carbocycles. The van der Waals surface area contributed by atoms with Crippen molar-refractivity contribution >= 4 is 22.8 Å². The van der Waals surface area contributed by atoms with Crippen LogP contribution < -0.4 is 10.1 Å². The summed E-state index contributed by atoms with van der Waals surface area (Å²) in [6, 6.07) is 4.13. The second kappa shape index (κ2) is 9.76. The number of hydrogen-bond acceptors (Lipinski definition) is 6. The number of halogens is 1. The number of nitrogens with zero attached hydrogens (tertiary/aromatic N) is 3. The van der Waals surface area contributed by atoms with Crippen LogP contribution >= 0.6 is 0 Å². The standard InChI is InChI=1S/C24H28FN5O4/c1-4-34-18-6-5-15(25)11-17(18)20-22-21(27-12-26-20)19(13(2)28-22)23(32)29-16-7-9-30(10-8-16)24(33)14(3)31/h5-6,11-12,14,16,28,31H,4,7-10H2,1-3H3,(H,29,32)/t14-/m0/s1. The summed E-state index contributed by atoms with van der Waals surface area (Å²) >= 11 is 0. The van der Waals surface area contributed by atoms with Gasteiger partial charge in [0, 0.05) is 30.4 Å². The third-order valence-electron chi connectivity index (χ3n) is 5.99. The van der Waals surface area contributed by atoms with Crippen molar-refractivity contribution in [2.45, 2.75) is 45.8 Å². The van der Waals surface area contributed by atoms with Crippen molar-refractivity contribution < 1.29 is 23.8 Å². The highest BCUT2D eigenvalue weighted by Crippen LogP contribution is 2.35. The van der Waals surface area contributed by atoms with Gasteiger partial charge in [0.25, 0.3) is 11.8 Å². The van der Waals surface area contributed by atoms with Gasteiger partial charge in [-0.25, -0.2) is 14.4 Å². The number of aliphatic hydroxyl groups is 1. The van der Waals surface area contributed by atoms with Crippen molar-refractivity contribution in [3.8, 4) is 17.0 Å². The number of aliphatic hydroxyl groups excluding tert-OH is 1. The summed E-state index contributed by atoms with van der Waals surface area (Å²) in [5.74, 6) is -0.518. The van der Waals surface area contributed by atoms with Gasteiger partial charge in [-0.15, -0.1) is 0 Å². The first-order chi connectivity index (χ1) is 16.3. The average molecular weight is 470 g/mol. The number of piperidine rings is 1. The maximum Gasteiger partial charge on any atom is 0.255 e. The lowest BCUT2D eigenvalue weighted by Crippen LogP contribution is -2.48. The Morgan fingerprint density at radius 3 is 2.74 bits per heavy atom. The number of benzene rings is 1. The molecule has 1 atom stereocenters. The Morgan fingerprint density at radius 1 is 1.32 bits per heavy atom. The molecule has 0 spiro atoms. The second-order valence-corrected chi connectivity index (χ2v) is 8.39. The predicted molar refractivity (Wildman–Crippen MR) is 124 cm³/mol. The molecular weight excluding hydrogens is 441 g/mol. The molecule has 1 saturated heterocycles. The van der Waals surface area contributed by atoms with Crippen LogP contribution in [0.2, 0.25) is 0 Å². The smallest absolute Gasteiger partial charge is 0.255 e. The highest BCUT2D eigenvalue weighted by Gasteiger charge is 2.28. The molecule has 9 nitrogen and oxygen atoms in total. The monoisotopic (exact) mass is 469 g/mol. The minimum atomic E-state index is -1.03. The van der Waals surface area contributed by atoms with Gasteiger partial charge in [-0.3, -0.25) is 9.59 Å². The number of rotatable bonds is 6. The van der Waals surface area contributed by atoms with Crippen LogP contribution in [0.25, 0.3) is 22.3 Å². The minimum Gasteiger partial charge on any atom is -0.493 e. The molecule has 1 fully saturated rings. The third-order valence-corrected chi connectivity index (χ3v) is 5.99. The van der Waals surface area contributed by atoms with Crippen molar-refractivity contribution in [1.82, 2.24) is 25.2 Å². The zero-order chi connectivity index (χ0) is 24.4. The molecule has 0 bridgehead atoms. The largest absolute Gasteiger partial charge is 0.493 e. The molecule has 4 rings (SSSR count). The fourth-order valence-electron chi connectivity index (χ4n) is 4.34. The predicted octanol–water partition coefficient (Wildman–Crippen LogP) is 2.57. The van der Waals surface area contributed by atoms with Crippen molar-refractivity contribution in [3.05, 3.63) is 41.6 Å². The molecule has 180 valence electrons. The molecule has 0 unspecified atom stereocenters. The highest BCUT2D eigenvalue weighted by molar-refractivity contribution is 6.09. The molecule has 3 N–H and O–H groups in total. The number of hydrogen-bond donors (Lipinski definition) is 3. The molecular formula is C24H28FN5O4. The summed E-state index contributed by atoms with van der Waals surface area (Å²) in [5, 5.41) is 12.5. The Labute approximate surface area is 196 Å². The van der Waals surface area contributed by atoms with Crippen LogP contribution in [0.1, 0.15) is 42.7 Å². The summed E-state index contributed by atoms with van der Waals surface area (Å²) in [5.41, 5.74) is 2.89. The van der Waals surface area contributed by atoms with E-state index in [-0.39, 0.29) is 17.9 Å². The Morgan fingerprint density at radius 2 is 2.06 bits per heavy atom. The lowest BCUT2D eigenvalue weighted by molar-refractivity contribution is -0.140. The molecule has 0 aliphatic carbocycles. The SMILES string of the molecule is CCOc1ccc(F)cc1-c1ncnc2c(C(=O)NC3CCN(C(=O)[C@H](C)O)CC3)c(C)[nH]c12. The van der Waals surface area contributed by atoms with Crippen molar-refractivity contribution in [2.24, 2.45) is 0 Å². The number of fused-ring (bicyclic) bond motifs is 1. The van der Waals surface area contributed by atoms with E-state index in [2.05, 4.69) is 20.3 Å². The van der Waals surface area contributed by atoms with Crippen LogP contribution in [0.5, 0.6) is 5.75 Å². The Bertz CT molecular complexity index is 1220. The van der Waals surface area contributed by atoms with E-state index >= 15 is 0 Å². The van der Waals surface area contributed by atoms with Crippen LogP contribution in [0.3, 0.4) is 0 Å². The van der Waals surface area contributed by atoms with Gasteiger partial charge in [0.05, 0.1) is 17.7 Å². The van der Waals surface area contributed by atoms with Crippen molar-refractivity contribution in [2.75, 3.05) is 19.7 Å². The zero-order valence-corrected chi connectivity index (χ0v) is 19.4. The van der Waals surface area contributed by atoms with Crippen LogP contribution in [-0.2, 0) is 4.79 Å². The fourth-order valence-corrected chi connectivity index (χ4v) is 4.34. The molecule has 34 heavy (non-hydrogen) atoms. The first-order valence-corrected chi connectivity index (χ1v) is 11.3. The molecule has 2 aromatic heterocycles. The Kier molecular flexibility index (Phi) is 6.78. The number of carbonyl (C=O) groups excluding carboxylic acids is 2. The number of ether oxygens (including phenoxy) is 1. The quantitative estimate of drug-likeness (QED) is 0.510. The third kappa shape index (κ3) is 4.58. The first-order valence-electron chi connectivity index (χ1n) is 11.3. The van der Waals surface area contributed by atoms with E-state index in [1.165, 1.54) is 25.4 Å². The van der Waals surface area contributed by atoms with Gasteiger partial charge in [0.1, 0.15) is 35.2 Å². The highest BCUT2D eigenvalue weighted by atomic mass is 19.1. The molecule has 0 saturated carbocycles. The molecule has 2 amide bonds. The van der Waals surface area contributed by atoms with Gasteiger partial charge in [0.2, 0.25) is 0 Å². The van der Waals surface area contributed by atoms with Gasteiger partial charge in [-0.2, -0.15) is 0 Å². The molecule has 3 aromatic rings. The molecule has 1 aliphatic heterocycles. The Balaban J connectivity index is 1.60. The molecule has 3 heterocycles. The van der Waals surface area contributed by atoms with E-state index in [1.807, 2.05) is 6.92 Å². The Hall–Kier alpha value is -3.53. The van der Waals surface area contributed by atoms with Crippen LogP contribution in [-0.4, -0.2) is 68.6 Å². The molecule has 1 aliphatic rings. The maximum absolute atomic E-state index is 14.1. The molecule has 0 radical (unpaired) electrons. The van der Waals surface area contributed by atoms with Crippen molar-refractivity contribution in [3.63, 3.8) is 0 Å². The maximum atomic E-state index is 14.1. The van der Waals surface area contributed by atoms with E-state index < -0.39 is 11.9 Å². The fraction of sp³-hybridized carbons (Fsp3) is 0.417. The summed E-state index contributed by atoms with van der Waals surface area (Å²) in [6.07, 6.45) is 1.50. The summed E-state index contributed by atoms with van der Waals surface area (Å²) in [7, 11) is 0. The summed E-state index contributed by atoms with van der Waals surface area (Å²) in [4.78, 5) is 38.7. The van der Waals surface area contributed by atoms with E-state index in [9.17, 15) is 19.1 Å². The van der Waals surface area contributed by atoms with Crippen molar-refractivity contribution in [1.29, 1.82) is 0 Å². The second-order valence-electron chi connectivity index (χ2n) is 8.39. The number of aromatic amines is 1. The van der Waals surface area contributed by atoms with E-state index in [4.69, 9.17) is 4.74 Å². The van der Waals surface area contributed by atoms with Gasteiger partial charge in [-0.05, 0) is 51.8 Å². The van der Waals surface area contributed by atoms with Crippen LogP contribution in [0.4, 0.5) is 4.39 Å².